The largest absolute Gasteiger partial charge is 0.483 e. The average Bonchev–Trinajstić information content (AvgIpc) is 2.58. The van der Waals surface area contributed by atoms with Crippen molar-refractivity contribution in [3.8, 4) is 5.75 Å². The summed E-state index contributed by atoms with van der Waals surface area (Å²) in [6.45, 7) is 3.17. The van der Waals surface area contributed by atoms with E-state index >= 15 is 0 Å². The van der Waals surface area contributed by atoms with Gasteiger partial charge in [0, 0.05) is 19.1 Å². The van der Waals surface area contributed by atoms with Crippen LogP contribution in [0.1, 0.15) is 31.7 Å². The number of amides is 3. The first kappa shape index (κ1) is 17.1. The van der Waals surface area contributed by atoms with Gasteiger partial charge in [-0.25, -0.2) is 4.79 Å². The fourth-order valence-corrected chi connectivity index (χ4v) is 2.92. The smallest absolute Gasteiger partial charge is 0.312 e. The van der Waals surface area contributed by atoms with E-state index in [2.05, 4.69) is 12.2 Å². The summed E-state index contributed by atoms with van der Waals surface area (Å²) in [6, 6.07) is 7.18. The van der Waals surface area contributed by atoms with Crippen LogP contribution in [-0.2, 0) is 11.2 Å². The third kappa shape index (κ3) is 4.87. The Kier molecular flexibility index (Phi) is 6.26. The van der Waals surface area contributed by atoms with Crippen molar-refractivity contribution in [1.29, 1.82) is 0 Å². The Bertz CT molecular complexity index is 548. The molecule has 0 aromatic heterocycles. The van der Waals surface area contributed by atoms with Crippen molar-refractivity contribution in [2.24, 2.45) is 5.73 Å². The molecule has 23 heavy (non-hydrogen) atoms. The highest BCUT2D eigenvalue weighted by atomic mass is 16.5. The SMILES string of the molecule is CCc1ccccc1OCC(=O)N1CCCCC1CNC(N)=O. The first-order chi connectivity index (χ1) is 11.1. The Morgan fingerprint density at radius 3 is 2.87 bits per heavy atom. The third-order valence-corrected chi connectivity index (χ3v) is 4.16. The number of nitrogens with zero attached hydrogens (tertiary/aromatic N) is 1. The van der Waals surface area contributed by atoms with Gasteiger partial charge in [0.05, 0.1) is 0 Å². The number of nitrogens with two attached hydrogens (primary N) is 1. The second-order valence-corrected chi connectivity index (χ2v) is 5.73. The lowest BCUT2D eigenvalue weighted by Crippen LogP contribution is -2.51. The molecule has 1 unspecified atom stereocenters. The summed E-state index contributed by atoms with van der Waals surface area (Å²) in [7, 11) is 0. The number of para-hydroxylation sites is 1. The van der Waals surface area contributed by atoms with Crippen molar-refractivity contribution in [3.63, 3.8) is 0 Å². The van der Waals surface area contributed by atoms with Crippen LogP contribution < -0.4 is 15.8 Å². The minimum absolute atomic E-state index is 0.00577. The first-order valence-electron chi connectivity index (χ1n) is 8.15. The van der Waals surface area contributed by atoms with Crippen LogP contribution in [-0.4, -0.2) is 42.6 Å². The molecule has 1 saturated heterocycles. The number of carbonyl (C=O) groups excluding carboxylic acids is 2. The molecule has 1 aliphatic rings. The van der Waals surface area contributed by atoms with Crippen LogP contribution in [0.25, 0.3) is 0 Å². The number of urea groups is 1. The van der Waals surface area contributed by atoms with Crippen molar-refractivity contribution in [1.82, 2.24) is 10.2 Å². The van der Waals surface area contributed by atoms with Crippen molar-refractivity contribution < 1.29 is 14.3 Å². The molecule has 3 N–H and O–H groups in total. The summed E-state index contributed by atoms with van der Waals surface area (Å²) in [5, 5.41) is 2.60. The van der Waals surface area contributed by atoms with E-state index in [0.717, 1.165) is 37.0 Å². The van der Waals surface area contributed by atoms with Crippen LogP contribution in [0.4, 0.5) is 4.79 Å². The monoisotopic (exact) mass is 319 g/mol. The van der Waals surface area contributed by atoms with Crippen molar-refractivity contribution >= 4 is 11.9 Å². The standard InChI is InChI=1S/C17H25N3O3/c1-2-13-7-3-4-9-15(13)23-12-16(21)20-10-6-5-8-14(20)11-19-17(18)22/h3-4,7,9,14H,2,5-6,8,10-12H2,1H3,(H3,18,19,22). The number of hydrogen-bond donors (Lipinski definition) is 2. The van der Waals surface area contributed by atoms with Gasteiger partial charge in [-0.05, 0) is 37.3 Å². The number of carbonyl (C=O) groups is 2. The van der Waals surface area contributed by atoms with Gasteiger partial charge in [0.1, 0.15) is 5.75 Å². The molecule has 1 aromatic rings. The zero-order valence-electron chi connectivity index (χ0n) is 13.6. The number of nitrogens with one attached hydrogen (secondary N) is 1. The van der Waals surface area contributed by atoms with E-state index in [1.807, 2.05) is 24.3 Å². The minimum Gasteiger partial charge on any atom is -0.483 e. The average molecular weight is 319 g/mol. The van der Waals surface area contributed by atoms with E-state index in [-0.39, 0.29) is 18.6 Å². The molecular weight excluding hydrogens is 294 g/mol. The number of aryl methyl sites for hydroxylation is 1. The number of piperidine rings is 1. The van der Waals surface area contributed by atoms with Crippen LogP contribution in [0.2, 0.25) is 0 Å². The van der Waals surface area contributed by atoms with Gasteiger partial charge in [-0.15, -0.1) is 0 Å². The van der Waals surface area contributed by atoms with Gasteiger partial charge in [0.25, 0.3) is 5.91 Å². The van der Waals surface area contributed by atoms with E-state index in [0.29, 0.717) is 13.1 Å². The lowest BCUT2D eigenvalue weighted by molar-refractivity contribution is -0.136. The van der Waals surface area contributed by atoms with Crippen LogP contribution >= 0.6 is 0 Å². The quantitative estimate of drug-likeness (QED) is 0.836. The van der Waals surface area contributed by atoms with Gasteiger partial charge >= 0.3 is 6.03 Å². The Labute approximate surface area is 137 Å². The van der Waals surface area contributed by atoms with Crippen LogP contribution in [0.3, 0.4) is 0 Å². The fraction of sp³-hybridized carbons (Fsp3) is 0.529. The Hall–Kier alpha value is -2.24. The van der Waals surface area contributed by atoms with Gasteiger partial charge in [-0.3, -0.25) is 4.79 Å². The molecule has 0 aliphatic carbocycles. The number of hydrogen-bond acceptors (Lipinski definition) is 3. The molecule has 1 heterocycles. The van der Waals surface area contributed by atoms with Crippen LogP contribution in [0.5, 0.6) is 5.75 Å². The summed E-state index contributed by atoms with van der Waals surface area (Å²) in [4.78, 5) is 25.2. The third-order valence-electron chi connectivity index (χ3n) is 4.16. The normalized spacial score (nSPS) is 17.6. The zero-order chi connectivity index (χ0) is 16.7. The molecule has 0 saturated carbocycles. The van der Waals surface area contributed by atoms with Crippen LogP contribution in [0, 0.1) is 0 Å². The predicted molar refractivity (Wildman–Crippen MR) is 88.3 cm³/mol. The Balaban J connectivity index is 1.93. The predicted octanol–water partition coefficient (Wildman–Crippen LogP) is 1.68. The van der Waals surface area contributed by atoms with Gasteiger partial charge < -0.3 is 20.7 Å². The summed E-state index contributed by atoms with van der Waals surface area (Å²) in [5.74, 6) is 0.707. The molecule has 0 bridgehead atoms. The maximum Gasteiger partial charge on any atom is 0.312 e. The van der Waals surface area contributed by atoms with E-state index in [1.54, 1.807) is 4.90 Å². The molecule has 2 rings (SSSR count). The number of ether oxygens (including phenoxy) is 1. The Morgan fingerprint density at radius 1 is 1.35 bits per heavy atom. The highest BCUT2D eigenvalue weighted by Crippen LogP contribution is 2.20. The molecular formula is C17H25N3O3. The van der Waals surface area contributed by atoms with Gasteiger partial charge in [-0.1, -0.05) is 25.1 Å². The molecule has 0 radical (unpaired) electrons. The van der Waals surface area contributed by atoms with E-state index in [1.165, 1.54) is 0 Å². The summed E-state index contributed by atoms with van der Waals surface area (Å²) in [6.07, 6.45) is 3.76. The number of rotatable bonds is 6. The highest BCUT2D eigenvalue weighted by Gasteiger charge is 2.27. The second-order valence-electron chi connectivity index (χ2n) is 5.73. The Morgan fingerprint density at radius 2 is 2.13 bits per heavy atom. The molecule has 6 heteroatoms. The molecule has 0 spiro atoms. The molecule has 6 nitrogen and oxygen atoms in total. The lowest BCUT2D eigenvalue weighted by atomic mass is 10.0. The minimum atomic E-state index is -0.559. The van der Waals surface area contributed by atoms with E-state index in [9.17, 15) is 9.59 Å². The maximum absolute atomic E-state index is 12.5. The second kappa shape index (κ2) is 8.41. The number of likely N-dealkylation sites (tertiary alicyclic amines) is 1. The fourth-order valence-electron chi connectivity index (χ4n) is 2.92. The molecule has 1 fully saturated rings. The zero-order valence-corrected chi connectivity index (χ0v) is 13.6. The first-order valence-corrected chi connectivity index (χ1v) is 8.15. The summed E-state index contributed by atoms with van der Waals surface area (Å²) in [5.41, 5.74) is 6.21. The number of benzene rings is 1. The topological polar surface area (TPSA) is 84.7 Å². The molecule has 1 atom stereocenters. The van der Waals surface area contributed by atoms with E-state index < -0.39 is 6.03 Å². The van der Waals surface area contributed by atoms with Gasteiger partial charge in [0.15, 0.2) is 6.61 Å². The van der Waals surface area contributed by atoms with E-state index in [4.69, 9.17) is 10.5 Å². The van der Waals surface area contributed by atoms with Crippen LogP contribution in [0.15, 0.2) is 24.3 Å². The molecule has 1 aliphatic heterocycles. The van der Waals surface area contributed by atoms with Crippen molar-refractivity contribution in [3.05, 3.63) is 29.8 Å². The van der Waals surface area contributed by atoms with Gasteiger partial charge in [0.2, 0.25) is 0 Å². The van der Waals surface area contributed by atoms with Crippen molar-refractivity contribution in [2.75, 3.05) is 19.7 Å². The maximum atomic E-state index is 12.5. The summed E-state index contributed by atoms with van der Waals surface area (Å²) >= 11 is 0. The van der Waals surface area contributed by atoms with Gasteiger partial charge in [-0.2, -0.15) is 0 Å². The lowest BCUT2D eigenvalue weighted by Gasteiger charge is -2.35. The molecule has 1 aromatic carbocycles. The number of primary amides is 1. The highest BCUT2D eigenvalue weighted by molar-refractivity contribution is 5.78. The van der Waals surface area contributed by atoms with Crippen molar-refractivity contribution in [2.45, 2.75) is 38.6 Å². The summed E-state index contributed by atoms with van der Waals surface area (Å²) < 4.78 is 5.71. The molecule has 126 valence electrons. The molecule has 3 amide bonds.